The number of amides is 2. The predicted octanol–water partition coefficient (Wildman–Crippen LogP) is 5.31. The molecule has 0 aliphatic rings. The van der Waals surface area contributed by atoms with Crippen LogP contribution in [0.2, 0.25) is 5.02 Å². The highest BCUT2D eigenvalue weighted by Gasteiger charge is 2.33. The molecule has 1 unspecified atom stereocenters. The number of sulfonamides is 1. The molecule has 3 aromatic rings. The van der Waals surface area contributed by atoms with Gasteiger partial charge in [0.05, 0.1) is 10.6 Å². The lowest BCUT2D eigenvalue weighted by Gasteiger charge is -2.33. The van der Waals surface area contributed by atoms with E-state index in [1.54, 1.807) is 51.1 Å². The van der Waals surface area contributed by atoms with Crippen LogP contribution in [0.3, 0.4) is 0 Å². The summed E-state index contributed by atoms with van der Waals surface area (Å²) < 4.78 is 43.1. The van der Waals surface area contributed by atoms with E-state index >= 15 is 0 Å². The van der Waals surface area contributed by atoms with Crippen molar-refractivity contribution in [1.82, 2.24) is 10.2 Å². The van der Waals surface area contributed by atoms with Gasteiger partial charge in [-0.15, -0.1) is 0 Å². The topological polar surface area (TPSA) is 86.8 Å². The molecule has 0 fully saturated rings. The van der Waals surface area contributed by atoms with Crippen molar-refractivity contribution in [3.05, 3.63) is 94.8 Å². The lowest BCUT2D eigenvalue weighted by Crippen LogP contribution is -2.54. The highest BCUT2D eigenvalue weighted by molar-refractivity contribution is 7.92. The van der Waals surface area contributed by atoms with Crippen LogP contribution in [-0.4, -0.2) is 43.3 Å². The minimum atomic E-state index is -4.22. The number of anilines is 1. The van der Waals surface area contributed by atoms with Crippen LogP contribution >= 0.6 is 11.6 Å². The van der Waals surface area contributed by atoms with E-state index in [2.05, 4.69) is 5.32 Å². The number of nitrogens with one attached hydrogen (secondary N) is 1. The number of nitrogens with zero attached hydrogens (tertiary/aromatic N) is 2. The highest BCUT2D eigenvalue weighted by atomic mass is 35.5. The molecule has 7 nitrogen and oxygen atoms in total. The second kappa shape index (κ2) is 12.2. The molecule has 0 aliphatic heterocycles. The molecule has 0 saturated carbocycles. The van der Waals surface area contributed by atoms with Crippen molar-refractivity contribution in [2.24, 2.45) is 0 Å². The van der Waals surface area contributed by atoms with E-state index in [1.807, 2.05) is 6.92 Å². The zero-order valence-corrected chi connectivity index (χ0v) is 24.2. The Labute approximate surface area is 234 Å². The van der Waals surface area contributed by atoms with Gasteiger partial charge in [0.1, 0.15) is 18.4 Å². The van der Waals surface area contributed by atoms with E-state index in [9.17, 15) is 22.4 Å². The van der Waals surface area contributed by atoms with E-state index in [1.165, 1.54) is 54.3 Å². The average molecular weight is 574 g/mol. The highest BCUT2D eigenvalue weighted by Crippen LogP contribution is 2.26. The van der Waals surface area contributed by atoms with E-state index in [4.69, 9.17) is 11.6 Å². The zero-order valence-electron chi connectivity index (χ0n) is 22.6. The summed E-state index contributed by atoms with van der Waals surface area (Å²) in [5, 5.41) is 3.20. The fourth-order valence-electron chi connectivity index (χ4n) is 3.84. The van der Waals surface area contributed by atoms with Gasteiger partial charge in [-0.25, -0.2) is 12.8 Å². The third kappa shape index (κ3) is 7.80. The molecular formula is C29H33ClFN3O4S. The smallest absolute Gasteiger partial charge is 0.264 e. The number of hydrogen-bond donors (Lipinski definition) is 1. The second-order valence-electron chi connectivity index (χ2n) is 10.3. The standard InChI is InChI=1S/C29H33ClFN3O4S/c1-20-10-14-24(15-11-20)34(39(37,38)25-16-12-23(30)13-17-25)19-27(35)33(18-22-8-6-7-9-26(22)31)21(2)28(36)32-29(3,4)5/h6-17,21H,18-19H2,1-5H3,(H,32,36). The van der Waals surface area contributed by atoms with E-state index in [0.29, 0.717) is 5.02 Å². The van der Waals surface area contributed by atoms with Gasteiger partial charge >= 0.3 is 0 Å². The number of halogens is 2. The summed E-state index contributed by atoms with van der Waals surface area (Å²) in [6.07, 6.45) is 0. The number of hydrogen-bond acceptors (Lipinski definition) is 4. The summed E-state index contributed by atoms with van der Waals surface area (Å²) in [5.74, 6) is -1.66. The van der Waals surface area contributed by atoms with Crippen LogP contribution in [0, 0.1) is 12.7 Å². The Morgan fingerprint density at radius 1 is 0.974 bits per heavy atom. The first-order valence-corrected chi connectivity index (χ1v) is 14.2. The van der Waals surface area contributed by atoms with Crippen molar-refractivity contribution in [3.63, 3.8) is 0 Å². The summed E-state index contributed by atoms with van der Waals surface area (Å²) in [6, 6.07) is 17.2. The Kier molecular flexibility index (Phi) is 9.40. The van der Waals surface area contributed by atoms with Gasteiger partial charge in [0.15, 0.2) is 0 Å². The molecule has 39 heavy (non-hydrogen) atoms. The van der Waals surface area contributed by atoms with Crippen LogP contribution < -0.4 is 9.62 Å². The van der Waals surface area contributed by atoms with Gasteiger partial charge in [-0.2, -0.15) is 0 Å². The SMILES string of the molecule is Cc1ccc(N(CC(=O)N(Cc2ccccc2F)C(C)C(=O)NC(C)(C)C)S(=O)(=O)c2ccc(Cl)cc2)cc1. The molecular weight excluding hydrogens is 541 g/mol. The quantitative estimate of drug-likeness (QED) is 0.376. The Balaban J connectivity index is 2.04. The lowest BCUT2D eigenvalue weighted by atomic mass is 10.1. The van der Waals surface area contributed by atoms with Crippen LogP contribution in [-0.2, 0) is 26.2 Å². The molecule has 1 atom stereocenters. The van der Waals surface area contributed by atoms with Crippen molar-refractivity contribution in [2.75, 3.05) is 10.8 Å². The summed E-state index contributed by atoms with van der Waals surface area (Å²) in [7, 11) is -4.22. The fraction of sp³-hybridized carbons (Fsp3) is 0.310. The molecule has 0 aromatic heterocycles. The van der Waals surface area contributed by atoms with Crippen molar-refractivity contribution < 1.29 is 22.4 Å². The van der Waals surface area contributed by atoms with Crippen LogP contribution in [0.1, 0.15) is 38.8 Å². The summed E-state index contributed by atoms with van der Waals surface area (Å²) >= 11 is 5.96. The first-order chi connectivity index (χ1) is 18.2. The molecule has 0 bridgehead atoms. The summed E-state index contributed by atoms with van der Waals surface area (Å²) in [6.45, 7) is 7.96. The van der Waals surface area contributed by atoms with E-state index < -0.39 is 45.8 Å². The molecule has 1 N–H and O–H groups in total. The van der Waals surface area contributed by atoms with Gasteiger partial charge in [-0.3, -0.25) is 13.9 Å². The van der Waals surface area contributed by atoms with Gasteiger partial charge in [0, 0.05) is 22.7 Å². The molecule has 2 amide bonds. The van der Waals surface area contributed by atoms with Crippen molar-refractivity contribution in [1.29, 1.82) is 0 Å². The van der Waals surface area contributed by atoms with Gasteiger partial charge in [-0.05, 0) is 77.1 Å². The number of benzene rings is 3. The van der Waals surface area contributed by atoms with Crippen molar-refractivity contribution >= 4 is 39.1 Å². The van der Waals surface area contributed by atoms with Crippen LogP contribution in [0.5, 0.6) is 0 Å². The van der Waals surface area contributed by atoms with Crippen molar-refractivity contribution in [2.45, 2.75) is 57.6 Å². The van der Waals surface area contributed by atoms with E-state index in [0.717, 1.165) is 9.87 Å². The molecule has 3 aromatic carbocycles. The third-order valence-electron chi connectivity index (χ3n) is 5.97. The fourth-order valence-corrected chi connectivity index (χ4v) is 5.38. The molecule has 10 heteroatoms. The second-order valence-corrected chi connectivity index (χ2v) is 12.6. The van der Waals surface area contributed by atoms with Crippen molar-refractivity contribution in [3.8, 4) is 0 Å². The minimum Gasteiger partial charge on any atom is -0.350 e. The largest absolute Gasteiger partial charge is 0.350 e. The normalized spacial score (nSPS) is 12.5. The number of aryl methyl sites for hydroxylation is 1. The molecule has 0 heterocycles. The van der Waals surface area contributed by atoms with Crippen LogP contribution in [0.4, 0.5) is 10.1 Å². The first kappa shape index (κ1) is 30.1. The molecule has 3 rings (SSSR count). The molecule has 0 spiro atoms. The molecule has 0 aliphatic carbocycles. The molecule has 208 valence electrons. The van der Waals surface area contributed by atoms with Gasteiger partial charge < -0.3 is 10.2 Å². The third-order valence-corrected chi connectivity index (χ3v) is 8.01. The minimum absolute atomic E-state index is 0.0561. The molecule has 0 saturated heterocycles. The average Bonchev–Trinajstić information content (AvgIpc) is 2.86. The van der Waals surface area contributed by atoms with E-state index in [-0.39, 0.29) is 22.7 Å². The maximum atomic E-state index is 14.6. The summed E-state index contributed by atoms with van der Waals surface area (Å²) in [4.78, 5) is 28.1. The first-order valence-electron chi connectivity index (χ1n) is 12.4. The number of carbonyl (C=O) groups is 2. The summed E-state index contributed by atoms with van der Waals surface area (Å²) in [5.41, 5.74) is 0.789. The Morgan fingerprint density at radius 2 is 1.56 bits per heavy atom. The zero-order chi connectivity index (χ0) is 29.0. The maximum Gasteiger partial charge on any atom is 0.264 e. The lowest BCUT2D eigenvalue weighted by molar-refractivity contribution is -0.140. The monoisotopic (exact) mass is 573 g/mol. The number of rotatable bonds is 9. The Bertz CT molecular complexity index is 1420. The van der Waals surface area contributed by atoms with Gasteiger partial charge in [-0.1, -0.05) is 47.5 Å². The molecule has 0 radical (unpaired) electrons. The Morgan fingerprint density at radius 3 is 2.13 bits per heavy atom. The van der Waals surface area contributed by atoms with Crippen LogP contribution in [0.25, 0.3) is 0 Å². The number of carbonyl (C=O) groups excluding carboxylic acids is 2. The maximum absolute atomic E-state index is 14.6. The van der Waals surface area contributed by atoms with Gasteiger partial charge in [0.2, 0.25) is 11.8 Å². The Hall–Kier alpha value is -3.43. The van der Waals surface area contributed by atoms with Crippen LogP contribution in [0.15, 0.2) is 77.7 Å². The van der Waals surface area contributed by atoms with Gasteiger partial charge in [0.25, 0.3) is 10.0 Å². The predicted molar refractivity (Wildman–Crippen MR) is 151 cm³/mol.